The highest BCUT2D eigenvalue weighted by Gasteiger charge is 2.26. The fourth-order valence-corrected chi connectivity index (χ4v) is 3.23. The van der Waals surface area contributed by atoms with Gasteiger partial charge in [0.25, 0.3) is 0 Å². The lowest BCUT2D eigenvalue weighted by molar-refractivity contribution is 0.0565. The Hall–Kier alpha value is -1.84. The summed E-state index contributed by atoms with van der Waals surface area (Å²) in [6.07, 6.45) is 1.61. The normalized spacial score (nSPS) is 18.2. The minimum Gasteiger partial charge on any atom is -0.508 e. The largest absolute Gasteiger partial charge is 0.508 e. The Morgan fingerprint density at radius 1 is 0.955 bits per heavy atom. The topological polar surface area (TPSA) is 43.7 Å². The van der Waals surface area contributed by atoms with Crippen molar-refractivity contribution in [2.45, 2.75) is 25.5 Å². The zero-order valence-corrected chi connectivity index (χ0v) is 12.7. The smallest absolute Gasteiger partial charge is 0.120 e. The maximum atomic E-state index is 10.5. The van der Waals surface area contributed by atoms with Gasteiger partial charge in [0.1, 0.15) is 5.75 Å². The number of benzene rings is 2. The summed E-state index contributed by atoms with van der Waals surface area (Å²) in [6, 6.07) is 17.4. The standard InChI is InChI=1S/C19H23NO2/c21-18-9-5-4-8-17(18)14-20-12-10-16(11-13-20)19(22)15-6-2-1-3-7-15/h1-9,16,19,21-22H,10-14H2. The first-order valence-electron chi connectivity index (χ1n) is 7.96. The quantitative estimate of drug-likeness (QED) is 0.909. The van der Waals surface area contributed by atoms with E-state index in [-0.39, 0.29) is 6.10 Å². The van der Waals surface area contributed by atoms with E-state index in [0.29, 0.717) is 11.7 Å². The van der Waals surface area contributed by atoms with Crippen LogP contribution in [0.4, 0.5) is 0 Å². The van der Waals surface area contributed by atoms with E-state index in [9.17, 15) is 10.2 Å². The number of para-hydroxylation sites is 1. The van der Waals surface area contributed by atoms with Crippen molar-refractivity contribution in [3.05, 3.63) is 65.7 Å². The summed E-state index contributed by atoms with van der Waals surface area (Å²) in [4.78, 5) is 2.35. The molecule has 3 rings (SSSR count). The van der Waals surface area contributed by atoms with E-state index >= 15 is 0 Å². The predicted octanol–water partition coefficient (Wildman–Crippen LogP) is 3.34. The maximum Gasteiger partial charge on any atom is 0.120 e. The van der Waals surface area contributed by atoms with E-state index in [2.05, 4.69) is 4.90 Å². The van der Waals surface area contributed by atoms with Gasteiger partial charge in [0.2, 0.25) is 0 Å². The van der Waals surface area contributed by atoms with Crippen molar-refractivity contribution in [3.8, 4) is 5.75 Å². The third kappa shape index (κ3) is 3.49. The molecule has 1 saturated heterocycles. The maximum absolute atomic E-state index is 10.5. The molecule has 1 unspecified atom stereocenters. The zero-order valence-electron chi connectivity index (χ0n) is 12.7. The first-order chi connectivity index (χ1) is 10.7. The number of aliphatic hydroxyl groups is 1. The molecule has 2 aromatic carbocycles. The summed E-state index contributed by atoms with van der Waals surface area (Å²) < 4.78 is 0. The highest BCUT2D eigenvalue weighted by Crippen LogP contribution is 2.31. The van der Waals surface area contributed by atoms with E-state index in [0.717, 1.165) is 43.6 Å². The van der Waals surface area contributed by atoms with Crippen molar-refractivity contribution in [2.75, 3.05) is 13.1 Å². The molecule has 1 atom stereocenters. The zero-order chi connectivity index (χ0) is 15.4. The molecule has 1 heterocycles. The second-order valence-corrected chi connectivity index (χ2v) is 6.10. The van der Waals surface area contributed by atoms with Crippen LogP contribution in [0.3, 0.4) is 0 Å². The summed E-state index contributed by atoms with van der Waals surface area (Å²) >= 11 is 0. The molecule has 1 fully saturated rings. The van der Waals surface area contributed by atoms with Gasteiger partial charge in [-0.05, 0) is 43.5 Å². The van der Waals surface area contributed by atoms with Gasteiger partial charge in [-0.25, -0.2) is 0 Å². The number of rotatable bonds is 4. The Bertz CT molecular complexity index is 591. The van der Waals surface area contributed by atoms with E-state index < -0.39 is 0 Å². The van der Waals surface area contributed by atoms with Crippen LogP contribution < -0.4 is 0 Å². The van der Waals surface area contributed by atoms with E-state index in [1.54, 1.807) is 6.07 Å². The van der Waals surface area contributed by atoms with Gasteiger partial charge in [0.05, 0.1) is 6.10 Å². The van der Waals surface area contributed by atoms with E-state index in [4.69, 9.17) is 0 Å². The molecule has 0 radical (unpaired) electrons. The summed E-state index contributed by atoms with van der Waals surface area (Å²) in [7, 11) is 0. The molecule has 2 N–H and O–H groups in total. The van der Waals surface area contributed by atoms with Gasteiger partial charge < -0.3 is 10.2 Å². The molecule has 1 aliphatic rings. The van der Waals surface area contributed by atoms with Gasteiger partial charge in [-0.15, -0.1) is 0 Å². The Morgan fingerprint density at radius 2 is 1.59 bits per heavy atom. The molecule has 22 heavy (non-hydrogen) atoms. The van der Waals surface area contributed by atoms with Crippen LogP contribution in [0.1, 0.15) is 30.1 Å². The molecule has 0 amide bonds. The Morgan fingerprint density at radius 3 is 2.27 bits per heavy atom. The number of piperidine rings is 1. The molecule has 2 aromatic rings. The fourth-order valence-electron chi connectivity index (χ4n) is 3.23. The molecular formula is C19H23NO2. The highest BCUT2D eigenvalue weighted by atomic mass is 16.3. The number of likely N-dealkylation sites (tertiary alicyclic amines) is 1. The Kier molecular flexibility index (Phi) is 4.76. The molecule has 0 aliphatic carbocycles. The first kappa shape index (κ1) is 15.1. The third-order valence-corrected chi connectivity index (χ3v) is 4.61. The van der Waals surface area contributed by atoms with Gasteiger partial charge in [-0.3, -0.25) is 4.90 Å². The number of nitrogens with zero attached hydrogens (tertiary/aromatic N) is 1. The van der Waals surface area contributed by atoms with Crippen molar-refractivity contribution in [1.29, 1.82) is 0 Å². The third-order valence-electron chi connectivity index (χ3n) is 4.61. The highest BCUT2D eigenvalue weighted by molar-refractivity contribution is 5.31. The molecular weight excluding hydrogens is 274 g/mol. The van der Waals surface area contributed by atoms with Crippen LogP contribution in [0.2, 0.25) is 0 Å². The second kappa shape index (κ2) is 6.95. The number of phenolic OH excluding ortho intramolecular Hbond substituents is 1. The van der Waals surface area contributed by atoms with Gasteiger partial charge >= 0.3 is 0 Å². The molecule has 0 spiro atoms. The summed E-state index contributed by atoms with van der Waals surface area (Å²) in [5.74, 6) is 0.692. The number of aromatic hydroxyl groups is 1. The minimum absolute atomic E-state index is 0.322. The lowest BCUT2D eigenvalue weighted by Crippen LogP contribution is -2.35. The number of hydrogen-bond acceptors (Lipinski definition) is 3. The Labute approximate surface area is 131 Å². The van der Waals surface area contributed by atoms with Crippen LogP contribution in [0, 0.1) is 5.92 Å². The molecule has 0 aromatic heterocycles. The van der Waals surface area contributed by atoms with Crippen molar-refractivity contribution in [1.82, 2.24) is 4.90 Å². The van der Waals surface area contributed by atoms with Crippen LogP contribution in [-0.2, 0) is 6.54 Å². The first-order valence-corrected chi connectivity index (χ1v) is 7.96. The van der Waals surface area contributed by atoms with Crippen LogP contribution in [0.15, 0.2) is 54.6 Å². The van der Waals surface area contributed by atoms with E-state index in [1.165, 1.54) is 0 Å². The monoisotopic (exact) mass is 297 g/mol. The van der Waals surface area contributed by atoms with Crippen molar-refractivity contribution >= 4 is 0 Å². The molecule has 1 aliphatic heterocycles. The van der Waals surface area contributed by atoms with Crippen molar-refractivity contribution in [3.63, 3.8) is 0 Å². The van der Waals surface area contributed by atoms with Crippen LogP contribution in [-0.4, -0.2) is 28.2 Å². The van der Waals surface area contributed by atoms with Gasteiger partial charge in [0, 0.05) is 12.1 Å². The number of phenols is 1. The second-order valence-electron chi connectivity index (χ2n) is 6.10. The molecule has 0 saturated carbocycles. The summed E-state index contributed by atoms with van der Waals surface area (Å²) in [5.41, 5.74) is 1.99. The number of aliphatic hydroxyl groups excluding tert-OH is 1. The SMILES string of the molecule is Oc1ccccc1CN1CCC(C(O)c2ccccc2)CC1. The lowest BCUT2D eigenvalue weighted by atomic mass is 9.87. The van der Waals surface area contributed by atoms with E-state index in [1.807, 2.05) is 48.5 Å². The van der Waals surface area contributed by atoms with Gasteiger partial charge in [-0.2, -0.15) is 0 Å². The molecule has 0 bridgehead atoms. The van der Waals surface area contributed by atoms with Crippen LogP contribution in [0.25, 0.3) is 0 Å². The molecule has 3 heteroatoms. The van der Waals surface area contributed by atoms with Crippen LogP contribution >= 0.6 is 0 Å². The van der Waals surface area contributed by atoms with Crippen LogP contribution in [0.5, 0.6) is 5.75 Å². The predicted molar refractivity (Wildman–Crippen MR) is 87.5 cm³/mol. The number of hydrogen-bond donors (Lipinski definition) is 2. The molecule has 116 valence electrons. The van der Waals surface area contributed by atoms with Gasteiger partial charge in [0.15, 0.2) is 0 Å². The van der Waals surface area contributed by atoms with Crippen molar-refractivity contribution in [2.24, 2.45) is 5.92 Å². The summed E-state index contributed by atoms with van der Waals surface area (Å²) in [6.45, 7) is 2.70. The average Bonchev–Trinajstić information content (AvgIpc) is 2.58. The Balaban J connectivity index is 1.55. The average molecular weight is 297 g/mol. The fraction of sp³-hybridized carbons (Fsp3) is 0.368. The lowest BCUT2D eigenvalue weighted by Gasteiger charge is -2.34. The molecule has 3 nitrogen and oxygen atoms in total. The minimum atomic E-state index is -0.367. The van der Waals surface area contributed by atoms with Gasteiger partial charge in [-0.1, -0.05) is 48.5 Å². The summed E-state index contributed by atoms with van der Waals surface area (Å²) in [5, 5.41) is 20.4. The van der Waals surface area contributed by atoms with Crippen molar-refractivity contribution < 1.29 is 10.2 Å².